The minimum absolute atomic E-state index is 0.158. The van der Waals surface area contributed by atoms with E-state index in [1.54, 1.807) is 0 Å². The topological polar surface area (TPSA) is 25.8 Å². The van der Waals surface area contributed by atoms with Crippen LogP contribution in [0.15, 0.2) is 85.2 Å². The number of thiophene rings is 1. The van der Waals surface area contributed by atoms with E-state index in [1.807, 2.05) is 35.9 Å². The van der Waals surface area contributed by atoms with Crippen molar-refractivity contribution in [2.24, 2.45) is 0 Å². The number of rotatable bonds is 4. The van der Waals surface area contributed by atoms with Gasteiger partial charge in [0, 0.05) is 43.4 Å². The molecule has 0 bridgehead atoms. The molecule has 2 aromatic carbocycles. The standard InChI is InChI=1S/C28H26N2S/c1-27(2,25-9-5-7-15-29-25)19-11-13-23-21(17-19)22-18-20(12-14-24(22)31-23)28(3,4)26-10-6-8-16-30-26/h5-18H,1-4H3. The molecule has 5 aromatic rings. The maximum Gasteiger partial charge on any atom is 0.0503 e. The van der Waals surface area contributed by atoms with Crippen molar-refractivity contribution in [3.63, 3.8) is 0 Å². The van der Waals surface area contributed by atoms with Gasteiger partial charge in [0.05, 0.1) is 11.4 Å². The minimum Gasteiger partial charge on any atom is -0.260 e. The molecule has 0 amide bonds. The van der Waals surface area contributed by atoms with Crippen molar-refractivity contribution in [2.75, 3.05) is 0 Å². The van der Waals surface area contributed by atoms with Crippen LogP contribution < -0.4 is 0 Å². The van der Waals surface area contributed by atoms with Crippen LogP contribution in [0.25, 0.3) is 20.2 Å². The molecular weight excluding hydrogens is 396 g/mol. The summed E-state index contributed by atoms with van der Waals surface area (Å²) in [4.78, 5) is 9.26. The molecule has 0 spiro atoms. The molecule has 2 nitrogen and oxygen atoms in total. The Morgan fingerprint density at radius 2 is 1.03 bits per heavy atom. The lowest BCUT2D eigenvalue weighted by molar-refractivity contribution is 0.617. The first-order valence-electron chi connectivity index (χ1n) is 10.7. The molecule has 0 saturated heterocycles. The van der Waals surface area contributed by atoms with E-state index in [1.165, 1.54) is 31.3 Å². The zero-order chi connectivity index (χ0) is 21.6. The third kappa shape index (κ3) is 3.34. The summed E-state index contributed by atoms with van der Waals surface area (Å²) in [7, 11) is 0. The molecule has 154 valence electrons. The summed E-state index contributed by atoms with van der Waals surface area (Å²) in [5.74, 6) is 0. The zero-order valence-electron chi connectivity index (χ0n) is 18.4. The van der Waals surface area contributed by atoms with Gasteiger partial charge in [-0.2, -0.15) is 0 Å². The Balaban J connectivity index is 1.66. The van der Waals surface area contributed by atoms with E-state index in [0.717, 1.165) is 11.4 Å². The van der Waals surface area contributed by atoms with E-state index in [2.05, 4.69) is 98.3 Å². The fourth-order valence-electron chi connectivity index (χ4n) is 4.32. The number of hydrogen-bond donors (Lipinski definition) is 0. The third-order valence-corrected chi connectivity index (χ3v) is 7.67. The Hall–Kier alpha value is -3.04. The van der Waals surface area contributed by atoms with Crippen LogP contribution in [0.4, 0.5) is 0 Å². The predicted molar refractivity (Wildman–Crippen MR) is 132 cm³/mol. The lowest BCUT2D eigenvalue weighted by Crippen LogP contribution is -2.20. The Kier molecular flexibility index (Phi) is 4.67. The smallest absolute Gasteiger partial charge is 0.0503 e. The van der Waals surface area contributed by atoms with Gasteiger partial charge in [0.15, 0.2) is 0 Å². The Morgan fingerprint density at radius 1 is 0.581 bits per heavy atom. The first-order valence-corrected chi connectivity index (χ1v) is 11.5. The second-order valence-corrected chi connectivity index (χ2v) is 10.3. The molecular formula is C28H26N2S. The molecule has 0 atom stereocenters. The lowest BCUT2D eigenvalue weighted by Gasteiger charge is -2.25. The van der Waals surface area contributed by atoms with Crippen molar-refractivity contribution < 1.29 is 0 Å². The number of pyridine rings is 2. The zero-order valence-corrected chi connectivity index (χ0v) is 19.2. The van der Waals surface area contributed by atoms with Crippen molar-refractivity contribution in [1.82, 2.24) is 9.97 Å². The van der Waals surface area contributed by atoms with Gasteiger partial charge in [-0.25, -0.2) is 0 Å². The largest absolute Gasteiger partial charge is 0.260 e. The second kappa shape index (κ2) is 7.28. The molecule has 0 radical (unpaired) electrons. The van der Waals surface area contributed by atoms with Crippen LogP contribution in [0.1, 0.15) is 50.2 Å². The number of benzene rings is 2. The first kappa shape index (κ1) is 19.9. The SMILES string of the molecule is CC(C)(c1ccc2sc3ccc(C(C)(C)c4ccccn4)cc3c2c1)c1ccccn1. The van der Waals surface area contributed by atoms with E-state index in [0.29, 0.717) is 0 Å². The van der Waals surface area contributed by atoms with Gasteiger partial charge in [0.25, 0.3) is 0 Å². The summed E-state index contributed by atoms with van der Waals surface area (Å²) in [6.07, 6.45) is 3.75. The van der Waals surface area contributed by atoms with Gasteiger partial charge < -0.3 is 0 Å². The molecule has 0 N–H and O–H groups in total. The second-order valence-electron chi connectivity index (χ2n) is 9.20. The number of fused-ring (bicyclic) bond motifs is 3. The van der Waals surface area contributed by atoms with Gasteiger partial charge in [0.2, 0.25) is 0 Å². The quantitative estimate of drug-likeness (QED) is 0.300. The average molecular weight is 423 g/mol. The van der Waals surface area contributed by atoms with Crippen molar-refractivity contribution in [2.45, 2.75) is 38.5 Å². The number of hydrogen-bond acceptors (Lipinski definition) is 3. The highest BCUT2D eigenvalue weighted by molar-refractivity contribution is 7.25. The molecule has 31 heavy (non-hydrogen) atoms. The van der Waals surface area contributed by atoms with Crippen molar-refractivity contribution in [3.8, 4) is 0 Å². The van der Waals surface area contributed by atoms with Gasteiger partial charge in [-0.15, -0.1) is 11.3 Å². The highest BCUT2D eigenvalue weighted by Crippen LogP contribution is 2.40. The van der Waals surface area contributed by atoms with Crippen molar-refractivity contribution >= 4 is 31.5 Å². The number of nitrogens with zero attached hydrogens (tertiary/aromatic N) is 2. The summed E-state index contributed by atoms with van der Waals surface area (Å²) in [5, 5.41) is 2.64. The Morgan fingerprint density at radius 3 is 1.42 bits per heavy atom. The maximum absolute atomic E-state index is 4.63. The van der Waals surface area contributed by atoms with E-state index >= 15 is 0 Å². The van der Waals surface area contributed by atoms with E-state index in [-0.39, 0.29) is 10.8 Å². The van der Waals surface area contributed by atoms with Gasteiger partial charge in [0.1, 0.15) is 0 Å². The van der Waals surface area contributed by atoms with Crippen molar-refractivity contribution in [3.05, 3.63) is 108 Å². The van der Waals surface area contributed by atoms with Crippen LogP contribution in [-0.2, 0) is 10.8 Å². The fourth-order valence-corrected chi connectivity index (χ4v) is 5.38. The Labute approximate surface area is 187 Å². The van der Waals surface area contributed by atoms with Gasteiger partial charge in [-0.05, 0) is 59.7 Å². The van der Waals surface area contributed by atoms with Crippen LogP contribution in [0, 0.1) is 0 Å². The monoisotopic (exact) mass is 422 g/mol. The molecule has 0 unspecified atom stereocenters. The van der Waals surface area contributed by atoms with E-state index < -0.39 is 0 Å². The Bertz CT molecular complexity index is 1260. The van der Waals surface area contributed by atoms with Crippen LogP contribution in [-0.4, -0.2) is 9.97 Å². The van der Waals surface area contributed by atoms with Crippen molar-refractivity contribution in [1.29, 1.82) is 0 Å². The highest BCUT2D eigenvalue weighted by Gasteiger charge is 2.27. The third-order valence-electron chi connectivity index (χ3n) is 6.52. The molecule has 0 aliphatic heterocycles. The average Bonchev–Trinajstić information content (AvgIpc) is 3.17. The normalized spacial score (nSPS) is 12.5. The number of aromatic nitrogens is 2. The molecule has 3 aromatic heterocycles. The van der Waals surface area contributed by atoms with Gasteiger partial charge >= 0.3 is 0 Å². The molecule has 5 rings (SSSR count). The molecule has 0 saturated carbocycles. The summed E-state index contributed by atoms with van der Waals surface area (Å²) in [6.45, 7) is 9.00. The summed E-state index contributed by atoms with van der Waals surface area (Å²) in [6, 6.07) is 26.1. The molecule has 0 fully saturated rings. The van der Waals surface area contributed by atoms with Gasteiger partial charge in [-0.1, -0.05) is 52.0 Å². The highest BCUT2D eigenvalue weighted by atomic mass is 32.1. The van der Waals surface area contributed by atoms with Crippen LogP contribution >= 0.6 is 11.3 Å². The summed E-state index contributed by atoms with van der Waals surface area (Å²) < 4.78 is 2.65. The first-order chi connectivity index (χ1) is 14.9. The van der Waals surface area contributed by atoms with Crippen LogP contribution in [0.3, 0.4) is 0 Å². The van der Waals surface area contributed by atoms with Crippen LogP contribution in [0.5, 0.6) is 0 Å². The lowest BCUT2D eigenvalue weighted by atomic mass is 9.79. The molecule has 0 aliphatic carbocycles. The van der Waals surface area contributed by atoms with E-state index in [9.17, 15) is 0 Å². The molecule has 0 aliphatic rings. The maximum atomic E-state index is 4.63. The summed E-state index contributed by atoms with van der Waals surface area (Å²) in [5.41, 5.74) is 4.43. The summed E-state index contributed by atoms with van der Waals surface area (Å²) >= 11 is 1.86. The predicted octanol–water partition coefficient (Wildman–Crippen LogP) is 7.50. The molecule has 3 heteroatoms. The fraction of sp³-hybridized carbons (Fsp3) is 0.214. The molecule has 3 heterocycles. The van der Waals surface area contributed by atoms with Gasteiger partial charge in [-0.3, -0.25) is 9.97 Å². The van der Waals surface area contributed by atoms with Crippen LogP contribution in [0.2, 0.25) is 0 Å². The minimum atomic E-state index is -0.158. The van der Waals surface area contributed by atoms with E-state index in [4.69, 9.17) is 0 Å².